The van der Waals surface area contributed by atoms with Crippen LogP contribution in [0.1, 0.15) is 18.5 Å². The minimum absolute atomic E-state index is 0.0907. The van der Waals surface area contributed by atoms with Crippen LogP contribution in [-0.2, 0) is 11.2 Å². The predicted molar refractivity (Wildman–Crippen MR) is 89.9 cm³/mol. The molecule has 3 rings (SSSR count). The number of benzene rings is 1. The highest BCUT2D eigenvalue weighted by molar-refractivity contribution is 7.13. The van der Waals surface area contributed by atoms with E-state index in [-0.39, 0.29) is 11.7 Å². The van der Waals surface area contributed by atoms with Crippen LogP contribution in [0.25, 0.3) is 10.6 Å². The smallest absolute Gasteiger partial charge is 0.228 e. The van der Waals surface area contributed by atoms with Gasteiger partial charge in [0.05, 0.1) is 12.1 Å². The molecule has 6 heteroatoms. The Bertz CT molecular complexity index is 682. The molecular weight excluding hydrogens is 313 g/mol. The molecule has 0 spiro atoms. The Morgan fingerprint density at radius 3 is 2.96 bits per heavy atom. The van der Waals surface area contributed by atoms with E-state index in [1.165, 1.54) is 23.5 Å². The molecular formula is C17H20FN3OS. The van der Waals surface area contributed by atoms with E-state index < -0.39 is 0 Å². The van der Waals surface area contributed by atoms with Crippen LogP contribution < -0.4 is 5.32 Å². The lowest BCUT2D eigenvalue weighted by molar-refractivity contribution is -0.131. The van der Waals surface area contributed by atoms with Crippen molar-refractivity contribution in [1.29, 1.82) is 0 Å². The van der Waals surface area contributed by atoms with Gasteiger partial charge in [0.25, 0.3) is 0 Å². The van der Waals surface area contributed by atoms with E-state index in [1.807, 2.05) is 23.4 Å². The summed E-state index contributed by atoms with van der Waals surface area (Å²) in [5.41, 5.74) is 1.50. The quantitative estimate of drug-likeness (QED) is 0.936. The molecule has 0 unspecified atom stereocenters. The average molecular weight is 333 g/mol. The molecule has 2 aromatic rings. The van der Waals surface area contributed by atoms with Gasteiger partial charge >= 0.3 is 0 Å². The molecule has 1 aliphatic heterocycles. The number of carbonyl (C=O) groups is 1. The molecule has 1 N–H and O–H groups in total. The van der Waals surface area contributed by atoms with Crippen LogP contribution in [-0.4, -0.2) is 42.0 Å². The van der Waals surface area contributed by atoms with Crippen molar-refractivity contribution in [1.82, 2.24) is 15.2 Å². The Labute approximate surface area is 139 Å². The van der Waals surface area contributed by atoms with Crippen LogP contribution in [0.4, 0.5) is 4.39 Å². The minimum atomic E-state index is -0.277. The zero-order chi connectivity index (χ0) is 16.2. The van der Waals surface area contributed by atoms with Crippen molar-refractivity contribution in [2.24, 2.45) is 0 Å². The zero-order valence-corrected chi connectivity index (χ0v) is 13.9. The maximum absolute atomic E-state index is 13.3. The van der Waals surface area contributed by atoms with Crippen molar-refractivity contribution in [2.75, 3.05) is 20.1 Å². The van der Waals surface area contributed by atoms with Crippen molar-refractivity contribution in [3.63, 3.8) is 0 Å². The number of aromatic nitrogens is 1. The van der Waals surface area contributed by atoms with Gasteiger partial charge in [-0.05, 0) is 38.1 Å². The average Bonchev–Trinajstić information content (AvgIpc) is 3.03. The van der Waals surface area contributed by atoms with Crippen LogP contribution in [0.3, 0.4) is 0 Å². The van der Waals surface area contributed by atoms with Crippen molar-refractivity contribution >= 4 is 17.2 Å². The summed E-state index contributed by atoms with van der Waals surface area (Å²) in [7, 11) is 1.87. The number of amides is 1. The first-order valence-corrected chi connectivity index (χ1v) is 8.68. The fourth-order valence-corrected chi connectivity index (χ4v) is 3.64. The first-order valence-electron chi connectivity index (χ1n) is 7.80. The second-order valence-corrected chi connectivity index (χ2v) is 6.68. The van der Waals surface area contributed by atoms with Gasteiger partial charge in [0.15, 0.2) is 0 Å². The molecule has 1 aromatic carbocycles. The number of hydrogen-bond donors (Lipinski definition) is 1. The number of halogens is 1. The molecule has 0 bridgehead atoms. The minimum Gasteiger partial charge on any atom is -0.342 e. The number of thiazole rings is 1. The highest BCUT2D eigenvalue weighted by atomic mass is 32.1. The molecule has 1 fully saturated rings. The Morgan fingerprint density at radius 2 is 2.22 bits per heavy atom. The molecule has 122 valence electrons. The normalized spacial score (nSPS) is 15.6. The third-order valence-electron chi connectivity index (χ3n) is 4.21. The summed E-state index contributed by atoms with van der Waals surface area (Å²) in [6.45, 7) is 1.92. The number of likely N-dealkylation sites (N-methyl/N-ethyl adjacent to an activating group) is 1. The van der Waals surface area contributed by atoms with Crippen LogP contribution >= 0.6 is 11.3 Å². The molecule has 1 aliphatic rings. The van der Waals surface area contributed by atoms with Gasteiger partial charge in [-0.2, -0.15) is 0 Å². The number of rotatable bonds is 4. The topological polar surface area (TPSA) is 45.2 Å². The number of carbonyl (C=O) groups excluding carboxylic acids is 1. The zero-order valence-electron chi connectivity index (χ0n) is 13.1. The molecule has 1 amide bonds. The molecule has 2 heterocycles. The van der Waals surface area contributed by atoms with Gasteiger partial charge in [0.2, 0.25) is 5.91 Å². The monoisotopic (exact) mass is 333 g/mol. The Balaban J connectivity index is 1.65. The summed E-state index contributed by atoms with van der Waals surface area (Å²) in [4.78, 5) is 18.8. The Kier molecular flexibility index (Phi) is 5.03. The summed E-state index contributed by atoms with van der Waals surface area (Å²) < 4.78 is 13.3. The highest BCUT2D eigenvalue weighted by Crippen LogP contribution is 2.24. The van der Waals surface area contributed by atoms with Gasteiger partial charge in [-0.1, -0.05) is 12.1 Å². The summed E-state index contributed by atoms with van der Waals surface area (Å²) in [6.07, 6.45) is 2.29. The Morgan fingerprint density at radius 1 is 1.43 bits per heavy atom. The lowest BCUT2D eigenvalue weighted by atomic mass is 10.0. The largest absolute Gasteiger partial charge is 0.342 e. The van der Waals surface area contributed by atoms with E-state index in [1.54, 1.807) is 6.07 Å². The van der Waals surface area contributed by atoms with Crippen molar-refractivity contribution in [3.05, 3.63) is 41.2 Å². The van der Waals surface area contributed by atoms with Crippen molar-refractivity contribution < 1.29 is 9.18 Å². The standard InChI is InChI=1S/C17H20FN3OS/c1-21(15-5-7-19-8-6-15)16(22)10-14-11-23-17(20-14)12-3-2-4-13(18)9-12/h2-4,9,11,15,19H,5-8,10H2,1H3. The van der Waals surface area contributed by atoms with Gasteiger partial charge in [-0.25, -0.2) is 9.37 Å². The van der Waals surface area contributed by atoms with E-state index in [0.29, 0.717) is 12.5 Å². The van der Waals surface area contributed by atoms with E-state index in [2.05, 4.69) is 10.3 Å². The third-order valence-corrected chi connectivity index (χ3v) is 5.15. The summed E-state index contributed by atoms with van der Waals surface area (Å²) in [5.74, 6) is -0.186. The number of hydrogen-bond acceptors (Lipinski definition) is 4. The van der Waals surface area contributed by atoms with Crippen molar-refractivity contribution in [2.45, 2.75) is 25.3 Å². The van der Waals surface area contributed by atoms with Crippen LogP contribution in [0.15, 0.2) is 29.6 Å². The van der Waals surface area contributed by atoms with E-state index in [4.69, 9.17) is 0 Å². The molecule has 0 saturated carbocycles. The molecule has 0 atom stereocenters. The summed E-state index contributed by atoms with van der Waals surface area (Å²) >= 11 is 1.44. The highest BCUT2D eigenvalue weighted by Gasteiger charge is 2.22. The maximum Gasteiger partial charge on any atom is 0.228 e. The predicted octanol–water partition coefficient (Wildman–Crippen LogP) is 2.70. The molecule has 0 aliphatic carbocycles. The van der Waals surface area contributed by atoms with E-state index in [0.717, 1.165) is 42.2 Å². The number of piperidine rings is 1. The van der Waals surface area contributed by atoms with E-state index >= 15 is 0 Å². The maximum atomic E-state index is 13.3. The summed E-state index contributed by atoms with van der Waals surface area (Å²) in [6, 6.07) is 6.68. The van der Waals surface area contributed by atoms with Crippen LogP contribution in [0.5, 0.6) is 0 Å². The van der Waals surface area contributed by atoms with Gasteiger partial charge < -0.3 is 10.2 Å². The molecule has 1 aromatic heterocycles. The SMILES string of the molecule is CN(C(=O)Cc1csc(-c2cccc(F)c2)n1)C1CCNCC1. The first kappa shape index (κ1) is 16.1. The molecule has 4 nitrogen and oxygen atoms in total. The van der Waals surface area contributed by atoms with Gasteiger partial charge in [-0.15, -0.1) is 11.3 Å². The van der Waals surface area contributed by atoms with Gasteiger partial charge in [-0.3, -0.25) is 4.79 Å². The van der Waals surface area contributed by atoms with Crippen LogP contribution in [0, 0.1) is 5.82 Å². The fraction of sp³-hybridized carbons (Fsp3) is 0.412. The molecule has 0 radical (unpaired) electrons. The second kappa shape index (κ2) is 7.19. The lowest BCUT2D eigenvalue weighted by Crippen LogP contribution is -2.44. The molecule has 23 heavy (non-hydrogen) atoms. The van der Waals surface area contributed by atoms with Crippen molar-refractivity contribution in [3.8, 4) is 10.6 Å². The third kappa shape index (κ3) is 3.95. The molecule has 1 saturated heterocycles. The van der Waals surface area contributed by atoms with E-state index in [9.17, 15) is 9.18 Å². The van der Waals surface area contributed by atoms with Crippen LogP contribution in [0.2, 0.25) is 0 Å². The number of nitrogens with one attached hydrogen (secondary N) is 1. The first-order chi connectivity index (χ1) is 11.1. The lowest BCUT2D eigenvalue weighted by Gasteiger charge is -2.31. The Hall–Kier alpha value is -1.79. The fourth-order valence-electron chi connectivity index (χ4n) is 2.82. The number of nitrogens with zero attached hydrogens (tertiary/aromatic N) is 2. The second-order valence-electron chi connectivity index (χ2n) is 5.82. The van der Waals surface area contributed by atoms with Gasteiger partial charge in [0, 0.05) is 24.0 Å². The van der Waals surface area contributed by atoms with Gasteiger partial charge in [0.1, 0.15) is 10.8 Å². The summed E-state index contributed by atoms with van der Waals surface area (Å²) in [5, 5.41) is 5.94.